The Morgan fingerprint density at radius 2 is 1.85 bits per heavy atom. The van der Waals surface area contributed by atoms with Crippen molar-refractivity contribution in [3.05, 3.63) is 29.3 Å². The molecular formula is C14H17F2NO3. The standard InChI is InChI=1S/C14H17F2NO3/c15-10-5-9(14(19)20)6-11(16)13(10)17-7-8-3-1-2-4-12(8)18/h5-6,8,12,17-18H,1-4,7H2,(H,19,20). The van der Waals surface area contributed by atoms with Crippen molar-refractivity contribution in [2.24, 2.45) is 5.92 Å². The van der Waals surface area contributed by atoms with Crippen LogP contribution in [0.25, 0.3) is 0 Å². The Labute approximate surface area is 115 Å². The van der Waals surface area contributed by atoms with E-state index < -0.39 is 29.3 Å². The fraction of sp³-hybridized carbons (Fsp3) is 0.500. The Balaban J connectivity index is 2.07. The number of carboxylic acids is 1. The van der Waals surface area contributed by atoms with E-state index in [1.807, 2.05) is 0 Å². The Hall–Kier alpha value is -1.69. The second-order valence-electron chi connectivity index (χ2n) is 5.11. The molecule has 1 saturated carbocycles. The van der Waals surface area contributed by atoms with Crippen LogP contribution in [0.15, 0.2) is 12.1 Å². The highest BCUT2D eigenvalue weighted by atomic mass is 19.1. The molecule has 2 atom stereocenters. The molecule has 1 aliphatic carbocycles. The van der Waals surface area contributed by atoms with Crippen LogP contribution >= 0.6 is 0 Å². The molecule has 0 bridgehead atoms. The van der Waals surface area contributed by atoms with Gasteiger partial charge >= 0.3 is 5.97 Å². The van der Waals surface area contributed by atoms with Gasteiger partial charge in [0.2, 0.25) is 0 Å². The van der Waals surface area contributed by atoms with Gasteiger partial charge in [0.05, 0.1) is 11.7 Å². The van der Waals surface area contributed by atoms with Gasteiger partial charge in [0.1, 0.15) is 17.3 Å². The first-order valence-corrected chi connectivity index (χ1v) is 6.63. The second-order valence-corrected chi connectivity index (χ2v) is 5.11. The van der Waals surface area contributed by atoms with Gasteiger partial charge in [-0.05, 0) is 25.0 Å². The van der Waals surface area contributed by atoms with Gasteiger partial charge in [-0.25, -0.2) is 13.6 Å². The lowest BCUT2D eigenvalue weighted by Crippen LogP contribution is -2.30. The summed E-state index contributed by atoms with van der Waals surface area (Å²) < 4.78 is 27.4. The van der Waals surface area contributed by atoms with Gasteiger partial charge in [-0.2, -0.15) is 0 Å². The van der Waals surface area contributed by atoms with Crippen LogP contribution in [0.1, 0.15) is 36.0 Å². The summed E-state index contributed by atoms with van der Waals surface area (Å²) in [5.41, 5.74) is -0.768. The molecule has 0 heterocycles. The second kappa shape index (κ2) is 6.17. The van der Waals surface area contributed by atoms with Crippen molar-refractivity contribution < 1.29 is 23.8 Å². The van der Waals surface area contributed by atoms with Crippen molar-refractivity contribution in [1.29, 1.82) is 0 Å². The first-order valence-electron chi connectivity index (χ1n) is 6.63. The number of carbonyl (C=O) groups is 1. The topological polar surface area (TPSA) is 69.6 Å². The molecule has 4 nitrogen and oxygen atoms in total. The van der Waals surface area contributed by atoms with E-state index >= 15 is 0 Å². The molecule has 2 unspecified atom stereocenters. The minimum Gasteiger partial charge on any atom is -0.478 e. The molecule has 0 aliphatic heterocycles. The molecular weight excluding hydrogens is 268 g/mol. The maximum Gasteiger partial charge on any atom is 0.335 e. The van der Waals surface area contributed by atoms with E-state index in [-0.39, 0.29) is 18.2 Å². The number of aromatic carboxylic acids is 1. The summed E-state index contributed by atoms with van der Waals surface area (Å²) in [5, 5.41) is 21.1. The number of carboxylic acid groups (broad SMARTS) is 1. The van der Waals surface area contributed by atoms with Crippen LogP contribution in [0.3, 0.4) is 0 Å². The molecule has 20 heavy (non-hydrogen) atoms. The van der Waals surface area contributed by atoms with E-state index in [9.17, 15) is 18.7 Å². The lowest BCUT2D eigenvalue weighted by atomic mass is 9.86. The van der Waals surface area contributed by atoms with Gasteiger partial charge in [0, 0.05) is 12.5 Å². The molecule has 1 fully saturated rings. The Kier molecular flexibility index (Phi) is 4.54. The van der Waals surface area contributed by atoms with Gasteiger partial charge in [0.15, 0.2) is 0 Å². The first-order chi connectivity index (χ1) is 9.49. The third-order valence-corrected chi connectivity index (χ3v) is 3.70. The van der Waals surface area contributed by atoms with Gasteiger partial charge in [-0.15, -0.1) is 0 Å². The highest BCUT2D eigenvalue weighted by molar-refractivity contribution is 5.88. The molecule has 1 aliphatic rings. The van der Waals surface area contributed by atoms with Crippen molar-refractivity contribution in [2.75, 3.05) is 11.9 Å². The number of nitrogens with one attached hydrogen (secondary N) is 1. The van der Waals surface area contributed by atoms with Crippen molar-refractivity contribution in [3.8, 4) is 0 Å². The molecule has 6 heteroatoms. The molecule has 0 spiro atoms. The number of aliphatic hydroxyl groups excluding tert-OH is 1. The highest BCUT2D eigenvalue weighted by Gasteiger charge is 2.23. The Morgan fingerprint density at radius 3 is 2.40 bits per heavy atom. The zero-order valence-electron chi connectivity index (χ0n) is 10.9. The van der Waals surface area contributed by atoms with Gasteiger partial charge in [-0.3, -0.25) is 0 Å². The fourth-order valence-corrected chi connectivity index (χ4v) is 2.52. The van der Waals surface area contributed by atoms with Gasteiger partial charge in [-0.1, -0.05) is 12.8 Å². The van der Waals surface area contributed by atoms with Crippen molar-refractivity contribution >= 4 is 11.7 Å². The maximum absolute atomic E-state index is 13.7. The van der Waals surface area contributed by atoms with Gasteiger partial charge in [0.25, 0.3) is 0 Å². The minimum atomic E-state index is -1.38. The van der Waals surface area contributed by atoms with E-state index in [0.29, 0.717) is 6.42 Å². The number of benzene rings is 1. The van der Waals surface area contributed by atoms with E-state index in [2.05, 4.69) is 5.32 Å². The normalized spacial score (nSPS) is 22.6. The van der Waals surface area contributed by atoms with Crippen LogP contribution in [0.2, 0.25) is 0 Å². The Bertz CT molecular complexity index is 484. The van der Waals surface area contributed by atoms with E-state index in [4.69, 9.17) is 5.11 Å². The zero-order valence-corrected chi connectivity index (χ0v) is 10.9. The Morgan fingerprint density at radius 1 is 1.25 bits per heavy atom. The predicted octanol–water partition coefficient (Wildman–Crippen LogP) is 2.63. The molecule has 1 aromatic carbocycles. The third-order valence-electron chi connectivity index (χ3n) is 3.70. The van der Waals surface area contributed by atoms with Crippen LogP contribution < -0.4 is 5.32 Å². The van der Waals surface area contributed by atoms with Crippen molar-refractivity contribution in [3.63, 3.8) is 0 Å². The van der Waals surface area contributed by atoms with Crippen molar-refractivity contribution in [2.45, 2.75) is 31.8 Å². The van der Waals surface area contributed by atoms with Crippen LogP contribution in [0.5, 0.6) is 0 Å². The molecule has 1 aromatic rings. The monoisotopic (exact) mass is 285 g/mol. The number of anilines is 1. The van der Waals surface area contributed by atoms with Crippen LogP contribution in [0.4, 0.5) is 14.5 Å². The van der Waals surface area contributed by atoms with E-state index in [1.54, 1.807) is 0 Å². The summed E-state index contributed by atoms with van der Waals surface area (Å²) in [7, 11) is 0. The van der Waals surface area contributed by atoms with E-state index in [1.165, 1.54) is 0 Å². The molecule has 0 aromatic heterocycles. The molecule has 0 radical (unpaired) electrons. The number of rotatable bonds is 4. The molecule has 3 N–H and O–H groups in total. The predicted molar refractivity (Wildman–Crippen MR) is 69.8 cm³/mol. The van der Waals surface area contributed by atoms with Gasteiger partial charge < -0.3 is 15.5 Å². The smallest absolute Gasteiger partial charge is 0.335 e. The van der Waals surface area contributed by atoms with Crippen LogP contribution in [0, 0.1) is 17.6 Å². The lowest BCUT2D eigenvalue weighted by molar-refractivity contribution is 0.0695. The summed E-state index contributed by atoms with van der Waals surface area (Å²) in [6.07, 6.45) is 3.01. The molecule has 2 rings (SSSR count). The largest absolute Gasteiger partial charge is 0.478 e. The average Bonchev–Trinajstić information content (AvgIpc) is 2.39. The fourth-order valence-electron chi connectivity index (χ4n) is 2.52. The number of hydrogen-bond acceptors (Lipinski definition) is 3. The molecule has 110 valence electrons. The van der Waals surface area contributed by atoms with Crippen LogP contribution in [-0.4, -0.2) is 28.8 Å². The summed E-state index contributed by atoms with van der Waals surface area (Å²) in [5.74, 6) is -3.29. The van der Waals surface area contributed by atoms with Crippen LogP contribution in [-0.2, 0) is 0 Å². The first kappa shape index (κ1) is 14.7. The summed E-state index contributed by atoms with van der Waals surface area (Å²) in [6, 6.07) is 1.57. The average molecular weight is 285 g/mol. The third kappa shape index (κ3) is 3.25. The van der Waals surface area contributed by atoms with Crippen molar-refractivity contribution in [1.82, 2.24) is 0 Å². The molecule has 0 saturated heterocycles. The molecule has 0 amide bonds. The quantitative estimate of drug-likeness (QED) is 0.795. The minimum absolute atomic E-state index is 0.0401. The summed E-state index contributed by atoms with van der Waals surface area (Å²) >= 11 is 0. The summed E-state index contributed by atoms with van der Waals surface area (Å²) in [6.45, 7) is 0.265. The zero-order chi connectivity index (χ0) is 14.7. The summed E-state index contributed by atoms with van der Waals surface area (Å²) in [4.78, 5) is 10.7. The maximum atomic E-state index is 13.7. The van der Waals surface area contributed by atoms with E-state index in [0.717, 1.165) is 31.4 Å². The number of hydrogen-bond donors (Lipinski definition) is 3. The SMILES string of the molecule is O=C(O)c1cc(F)c(NCC2CCCCC2O)c(F)c1. The number of aliphatic hydroxyl groups is 1. The lowest BCUT2D eigenvalue weighted by Gasteiger charge is -2.28. The number of halogens is 2. The highest BCUT2D eigenvalue weighted by Crippen LogP contribution is 2.26.